The van der Waals surface area contributed by atoms with Gasteiger partial charge in [-0.25, -0.2) is 0 Å². The van der Waals surface area contributed by atoms with Crippen molar-refractivity contribution in [3.8, 4) is 11.5 Å². The Morgan fingerprint density at radius 3 is 2.60 bits per heavy atom. The third-order valence-electron chi connectivity index (χ3n) is 5.04. The summed E-state index contributed by atoms with van der Waals surface area (Å²) in [5, 5.41) is 6.91. The van der Waals surface area contributed by atoms with Crippen molar-refractivity contribution in [3.05, 3.63) is 66.1 Å². The van der Waals surface area contributed by atoms with E-state index in [-0.39, 0.29) is 17.0 Å². The van der Waals surface area contributed by atoms with Gasteiger partial charge in [-0.05, 0) is 30.5 Å². The number of carbonyl (C=O) groups is 1. The first-order chi connectivity index (χ1) is 12.3. The Bertz CT molecular complexity index is 831. The predicted octanol–water partition coefficient (Wildman–Crippen LogP) is 4.18. The van der Waals surface area contributed by atoms with Crippen LogP contribution < -0.4 is 5.32 Å². The summed E-state index contributed by atoms with van der Waals surface area (Å²) in [5.41, 5.74) is 1.58. The molecule has 0 spiro atoms. The Kier molecular flexibility index (Phi) is 4.14. The van der Waals surface area contributed by atoms with Crippen LogP contribution >= 0.6 is 0 Å². The molecule has 3 aromatic rings. The van der Waals surface area contributed by atoms with Gasteiger partial charge < -0.3 is 14.3 Å². The SMILES string of the molecule is O=C(NCC1(c2ccccc2)CCCC1)c1cc(-c2ccco2)on1. The smallest absolute Gasteiger partial charge is 0.273 e. The molecule has 1 aliphatic carbocycles. The van der Waals surface area contributed by atoms with Crippen LogP contribution in [0.25, 0.3) is 11.5 Å². The van der Waals surface area contributed by atoms with E-state index in [1.54, 1.807) is 24.5 Å². The lowest BCUT2D eigenvalue weighted by Gasteiger charge is -2.29. The van der Waals surface area contributed by atoms with Gasteiger partial charge in [0.25, 0.3) is 5.91 Å². The molecular weight excluding hydrogens is 316 g/mol. The van der Waals surface area contributed by atoms with Crippen LogP contribution in [-0.4, -0.2) is 17.6 Å². The summed E-state index contributed by atoms with van der Waals surface area (Å²) in [6, 6.07) is 15.6. The zero-order chi connectivity index (χ0) is 17.1. The van der Waals surface area contributed by atoms with Crippen molar-refractivity contribution in [2.75, 3.05) is 6.54 Å². The van der Waals surface area contributed by atoms with Gasteiger partial charge >= 0.3 is 0 Å². The van der Waals surface area contributed by atoms with Gasteiger partial charge in [-0.1, -0.05) is 48.3 Å². The molecule has 0 unspecified atom stereocenters. The first-order valence-electron chi connectivity index (χ1n) is 8.61. The molecule has 0 bridgehead atoms. The van der Waals surface area contributed by atoms with Crippen molar-refractivity contribution in [2.45, 2.75) is 31.1 Å². The lowest BCUT2D eigenvalue weighted by Crippen LogP contribution is -2.39. The Morgan fingerprint density at radius 1 is 1.08 bits per heavy atom. The molecular formula is C20H20N2O3. The summed E-state index contributed by atoms with van der Waals surface area (Å²) in [7, 11) is 0. The van der Waals surface area contributed by atoms with E-state index in [4.69, 9.17) is 8.94 Å². The van der Waals surface area contributed by atoms with Gasteiger partial charge in [0, 0.05) is 18.0 Å². The van der Waals surface area contributed by atoms with Crippen molar-refractivity contribution < 1.29 is 13.7 Å². The maximum Gasteiger partial charge on any atom is 0.273 e. The zero-order valence-corrected chi connectivity index (χ0v) is 13.9. The number of nitrogens with zero attached hydrogens (tertiary/aromatic N) is 1. The molecule has 128 valence electrons. The van der Waals surface area contributed by atoms with E-state index in [1.807, 2.05) is 6.07 Å². The maximum atomic E-state index is 12.5. The number of furan rings is 1. The number of carbonyl (C=O) groups excluding carboxylic acids is 1. The Labute approximate surface area is 146 Å². The predicted molar refractivity (Wildman–Crippen MR) is 93.1 cm³/mol. The lowest BCUT2D eigenvalue weighted by molar-refractivity contribution is 0.0934. The number of benzene rings is 1. The molecule has 1 saturated carbocycles. The van der Waals surface area contributed by atoms with Crippen molar-refractivity contribution in [1.82, 2.24) is 10.5 Å². The van der Waals surface area contributed by atoms with Gasteiger partial charge in [-0.2, -0.15) is 0 Å². The molecule has 4 rings (SSSR count). The van der Waals surface area contributed by atoms with Crippen LogP contribution in [-0.2, 0) is 5.41 Å². The first-order valence-corrected chi connectivity index (χ1v) is 8.61. The van der Waals surface area contributed by atoms with Crippen LogP contribution in [0.5, 0.6) is 0 Å². The van der Waals surface area contributed by atoms with Crippen molar-refractivity contribution in [1.29, 1.82) is 0 Å². The minimum absolute atomic E-state index is 0.0184. The molecule has 1 N–H and O–H groups in total. The number of rotatable bonds is 5. The summed E-state index contributed by atoms with van der Waals surface area (Å²) in [6.45, 7) is 0.610. The molecule has 1 aromatic carbocycles. The van der Waals surface area contributed by atoms with E-state index in [9.17, 15) is 4.79 Å². The second kappa shape index (κ2) is 6.59. The molecule has 25 heavy (non-hydrogen) atoms. The minimum Gasteiger partial charge on any atom is -0.461 e. The van der Waals surface area contributed by atoms with Crippen LogP contribution in [0.1, 0.15) is 41.7 Å². The first kappa shape index (κ1) is 15.7. The van der Waals surface area contributed by atoms with Gasteiger partial charge in [0.2, 0.25) is 5.76 Å². The molecule has 2 aromatic heterocycles. The fourth-order valence-corrected chi connectivity index (χ4v) is 3.67. The molecule has 1 amide bonds. The van der Waals surface area contributed by atoms with Crippen LogP contribution in [0.3, 0.4) is 0 Å². The summed E-state index contributed by atoms with van der Waals surface area (Å²) in [4.78, 5) is 12.5. The van der Waals surface area contributed by atoms with Crippen LogP contribution in [0, 0.1) is 0 Å². The van der Waals surface area contributed by atoms with E-state index >= 15 is 0 Å². The molecule has 0 saturated heterocycles. The summed E-state index contributed by atoms with van der Waals surface area (Å²) < 4.78 is 10.5. The fraction of sp³-hybridized carbons (Fsp3) is 0.300. The number of nitrogens with one attached hydrogen (secondary N) is 1. The summed E-state index contributed by atoms with van der Waals surface area (Å²) >= 11 is 0. The van der Waals surface area contributed by atoms with Gasteiger partial charge in [-0.3, -0.25) is 4.79 Å². The molecule has 1 fully saturated rings. The van der Waals surface area contributed by atoms with E-state index < -0.39 is 0 Å². The van der Waals surface area contributed by atoms with Gasteiger partial charge in [0.05, 0.1) is 6.26 Å². The zero-order valence-electron chi connectivity index (χ0n) is 13.9. The van der Waals surface area contributed by atoms with E-state index in [0.717, 1.165) is 12.8 Å². The second-order valence-electron chi connectivity index (χ2n) is 6.59. The number of hydrogen-bond donors (Lipinski definition) is 1. The van der Waals surface area contributed by atoms with Crippen molar-refractivity contribution in [3.63, 3.8) is 0 Å². The summed E-state index contributed by atoms with van der Waals surface area (Å²) in [5.74, 6) is 0.792. The highest BCUT2D eigenvalue weighted by Crippen LogP contribution is 2.40. The van der Waals surface area contributed by atoms with Crippen LogP contribution in [0.15, 0.2) is 63.7 Å². The van der Waals surface area contributed by atoms with Gasteiger partial charge in [0.1, 0.15) is 0 Å². The molecule has 5 heteroatoms. The van der Waals surface area contributed by atoms with Gasteiger partial charge in [0.15, 0.2) is 11.5 Å². The second-order valence-corrected chi connectivity index (χ2v) is 6.59. The number of aromatic nitrogens is 1. The third kappa shape index (κ3) is 3.09. The van der Waals surface area contributed by atoms with E-state index in [2.05, 4.69) is 34.7 Å². The average Bonchev–Trinajstić information content (AvgIpc) is 3.42. The highest BCUT2D eigenvalue weighted by Gasteiger charge is 2.36. The Balaban J connectivity index is 1.47. The quantitative estimate of drug-likeness (QED) is 0.759. The molecule has 1 aliphatic rings. The maximum absolute atomic E-state index is 12.5. The van der Waals surface area contributed by atoms with Crippen molar-refractivity contribution >= 4 is 5.91 Å². The largest absolute Gasteiger partial charge is 0.461 e. The highest BCUT2D eigenvalue weighted by atomic mass is 16.5. The van der Waals surface area contributed by atoms with Gasteiger partial charge in [-0.15, -0.1) is 0 Å². The summed E-state index contributed by atoms with van der Waals surface area (Å²) in [6.07, 6.45) is 6.12. The molecule has 2 heterocycles. The van der Waals surface area contributed by atoms with E-state index in [0.29, 0.717) is 18.1 Å². The number of amides is 1. The molecule has 0 radical (unpaired) electrons. The monoisotopic (exact) mass is 336 g/mol. The minimum atomic E-state index is -0.219. The normalized spacial score (nSPS) is 16.0. The lowest BCUT2D eigenvalue weighted by atomic mass is 9.79. The third-order valence-corrected chi connectivity index (χ3v) is 5.04. The number of hydrogen-bond acceptors (Lipinski definition) is 4. The molecule has 5 nitrogen and oxygen atoms in total. The topological polar surface area (TPSA) is 68.3 Å². The molecule has 0 atom stereocenters. The Hall–Kier alpha value is -2.82. The average molecular weight is 336 g/mol. The highest BCUT2D eigenvalue weighted by molar-refractivity contribution is 5.93. The fourth-order valence-electron chi connectivity index (χ4n) is 3.67. The molecule has 0 aliphatic heterocycles. The van der Waals surface area contributed by atoms with Crippen LogP contribution in [0.4, 0.5) is 0 Å². The van der Waals surface area contributed by atoms with Crippen LogP contribution in [0.2, 0.25) is 0 Å². The standard InChI is InChI=1S/C20H20N2O3/c23-19(16-13-18(25-22-16)17-9-6-12-24-17)21-14-20(10-4-5-11-20)15-7-2-1-3-8-15/h1-3,6-9,12-13H,4-5,10-11,14H2,(H,21,23). The van der Waals surface area contributed by atoms with Crippen molar-refractivity contribution in [2.24, 2.45) is 0 Å². The van der Waals surface area contributed by atoms with E-state index in [1.165, 1.54) is 18.4 Å². The Morgan fingerprint density at radius 2 is 1.88 bits per heavy atom.